The summed E-state index contributed by atoms with van der Waals surface area (Å²) in [5.74, 6) is 0.0371. The molecule has 0 radical (unpaired) electrons. The molecule has 0 fully saturated rings. The number of aryl methyl sites for hydroxylation is 1. The van der Waals surface area contributed by atoms with Crippen LogP contribution in [0.4, 0.5) is 4.39 Å². The lowest BCUT2D eigenvalue weighted by Crippen LogP contribution is -2.39. The van der Waals surface area contributed by atoms with Gasteiger partial charge in [-0.2, -0.15) is 4.98 Å². The molecular weight excluding hydrogens is 361 g/mol. The number of hydrogen-bond donors (Lipinski definition) is 0. The molecule has 6 nitrogen and oxygen atoms in total. The van der Waals surface area contributed by atoms with Crippen molar-refractivity contribution in [1.82, 2.24) is 15.0 Å². The summed E-state index contributed by atoms with van der Waals surface area (Å²) in [5, 5.41) is 3.98. The molecule has 0 saturated heterocycles. The number of rotatable bonds is 7. The largest absolute Gasteiger partial charge is 0.478 e. The minimum atomic E-state index is -0.805. The second-order valence-electron chi connectivity index (χ2n) is 6.52. The van der Waals surface area contributed by atoms with Gasteiger partial charge < -0.3 is 14.2 Å². The van der Waals surface area contributed by atoms with Crippen LogP contribution in [0, 0.1) is 12.7 Å². The molecule has 0 aliphatic carbocycles. The molecule has 0 spiro atoms. The summed E-state index contributed by atoms with van der Waals surface area (Å²) in [7, 11) is 1.62. The molecule has 1 amide bonds. The third-order valence-electron chi connectivity index (χ3n) is 4.25. The van der Waals surface area contributed by atoms with Crippen LogP contribution in [-0.2, 0) is 11.3 Å². The second-order valence-corrected chi connectivity index (χ2v) is 6.52. The smallest absolute Gasteiger partial charge is 0.263 e. The van der Waals surface area contributed by atoms with Crippen LogP contribution in [0.15, 0.2) is 53.1 Å². The second kappa shape index (κ2) is 8.65. The number of nitrogens with zero attached hydrogens (tertiary/aromatic N) is 3. The van der Waals surface area contributed by atoms with E-state index in [0.717, 1.165) is 11.1 Å². The molecule has 28 heavy (non-hydrogen) atoms. The van der Waals surface area contributed by atoms with Crippen LogP contribution < -0.4 is 4.74 Å². The van der Waals surface area contributed by atoms with E-state index in [9.17, 15) is 9.18 Å². The van der Waals surface area contributed by atoms with E-state index in [0.29, 0.717) is 18.1 Å². The number of ether oxygens (including phenoxy) is 1. The number of hydrogen-bond acceptors (Lipinski definition) is 5. The average Bonchev–Trinajstić information content (AvgIpc) is 3.15. The van der Waals surface area contributed by atoms with Gasteiger partial charge in [-0.15, -0.1) is 0 Å². The van der Waals surface area contributed by atoms with Crippen molar-refractivity contribution in [3.8, 4) is 17.1 Å². The molecule has 2 aromatic carbocycles. The van der Waals surface area contributed by atoms with Gasteiger partial charge in [-0.25, -0.2) is 4.39 Å². The predicted octanol–water partition coefficient (Wildman–Crippen LogP) is 4.00. The third kappa shape index (κ3) is 4.54. The maximum atomic E-state index is 13.8. The number of carbonyl (C=O) groups is 1. The Morgan fingerprint density at radius 1 is 1.25 bits per heavy atom. The molecule has 0 aliphatic heterocycles. The Labute approximate surface area is 162 Å². The van der Waals surface area contributed by atoms with Gasteiger partial charge in [0.05, 0.1) is 6.54 Å². The van der Waals surface area contributed by atoms with E-state index in [1.807, 2.05) is 31.2 Å². The van der Waals surface area contributed by atoms with Crippen molar-refractivity contribution < 1.29 is 18.4 Å². The Kier molecular flexibility index (Phi) is 6.03. The molecule has 0 saturated carbocycles. The van der Waals surface area contributed by atoms with Gasteiger partial charge in [0.2, 0.25) is 11.7 Å². The fraction of sp³-hybridized carbons (Fsp3) is 0.286. The Morgan fingerprint density at radius 2 is 2.04 bits per heavy atom. The molecule has 1 aromatic heterocycles. The average molecular weight is 383 g/mol. The molecular formula is C21H22FN3O3. The summed E-state index contributed by atoms with van der Waals surface area (Å²) in [6, 6.07) is 13.8. The normalized spacial score (nSPS) is 11.9. The van der Waals surface area contributed by atoms with E-state index in [1.54, 1.807) is 26.1 Å². The quantitative estimate of drug-likeness (QED) is 0.617. The van der Waals surface area contributed by atoms with Crippen LogP contribution in [-0.4, -0.2) is 34.1 Å². The molecule has 7 heteroatoms. The SMILES string of the molecule is CC[C@H](Oc1ccccc1F)C(=O)N(C)Cc1nc(-c2cccc(C)c2)no1. The van der Waals surface area contributed by atoms with Crippen molar-refractivity contribution in [2.24, 2.45) is 0 Å². The van der Waals surface area contributed by atoms with Crippen LogP contribution in [0.1, 0.15) is 24.8 Å². The first-order chi connectivity index (χ1) is 13.5. The number of para-hydroxylation sites is 1. The minimum Gasteiger partial charge on any atom is -0.478 e. The zero-order chi connectivity index (χ0) is 20.1. The van der Waals surface area contributed by atoms with Crippen LogP contribution in [0.5, 0.6) is 5.75 Å². The lowest BCUT2D eigenvalue weighted by atomic mass is 10.1. The van der Waals surface area contributed by atoms with Crippen molar-refractivity contribution in [1.29, 1.82) is 0 Å². The van der Waals surface area contributed by atoms with Crippen LogP contribution in [0.25, 0.3) is 11.4 Å². The van der Waals surface area contributed by atoms with Crippen LogP contribution in [0.2, 0.25) is 0 Å². The number of aromatic nitrogens is 2. The van der Waals surface area contributed by atoms with Crippen molar-refractivity contribution in [2.75, 3.05) is 7.05 Å². The van der Waals surface area contributed by atoms with E-state index in [-0.39, 0.29) is 18.2 Å². The Hall–Kier alpha value is -3.22. The van der Waals surface area contributed by atoms with Crippen molar-refractivity contribution in [3.05, 3.63) is 65.8 Å². The van der Waals surface area contributed by atoms with Crippen molar-refractivity contribution in [2.45, 2.75) is 32.9 Å². The summed E-state index contributed by atoms with van der Waals surface area (Å²) >= 11 is 0. The third-order valence-corrected chi connectivity index (χ3v) is 4.25. The summed E-state index contributed by atoms with van der Waals surface area (Å²) in [6.45, 7) is 3.92. The van der Waals surface area contributed by atoms with Crippen molar-refractivity contribution in [3.63, 3.8) is 0 Å². The van der Waals surface area contributed by atoms with Crippen LogP contribution in [0.3, 0.4) is 0 Å². The van der Waals surface area contributed by atoms with Crippen molar-refractivity contribution >= 4 is 5.91 Å². The van der Waals surface area contributed by atoms with E-state index >= 15 is 0 Å². The molecule has 146 valence electrons. The summed E-state index contributed by atoms with van der Waals surface area (Å²) in [6.07, 6.45) is -0.406. The first-order valence-corrected chi connectivity index (χ1v) is 9.03. The zero-order valence-corrected chi connectivity index (χ0v) is 16.1. The minimum absolute atomic E-state index is 0.0515. The topological polar surface area (TPSA) is 68.5 Å². The number of halogens is 1. The van der Waals surface area contributed by atoms with Gasteiger partial charge in [-0.05, 0) is 31.5 Å². The van der Waals surface area contributed by atoms with Gasteiger partial charge in [0, 0.05) is 12.6 Å². The lowest BCUT2D eigenvalue weighted by molar-refractivity contribution is -0.138. The highest BCUT2D eigenvalue weighted by atomic mass is 19.1. The molecule has 3 aromatic rings. The standard InChI is InChI=1S/C21H22FN3O3/c1-4-17(27-18-11-6-5-10-16(18)22)21(26)25(3)13-19-23-20(24-28-19)15-9-7-8-14(2)12-15/h5-12,17H,4,13H2,1-3H3/t17-/m0/s1. The molecule has 3 rings (SSSR count). The van der Waals surface area contributed by atoms with Gasteiger partial charge in [-0.1, -0.05) is 48.0 Å². The van der Waals surface area contributed by atoms with E-state index in [2.05, 4.69) is 10.1 Å². The van der Waals surface area contributed by atoms with E-state index in [4.69, 9.17) is 9.26 Å². The fourth-order valence-corrected chi connectivity index (χ4v) is 2.75. The van der Waals surface area contributed by atoms with Gasteiger partial charge in [0.1, 0.15) is 0 Å². The zero-order valence-electron chi connectivity index (χ0n) is 16.1. The maximum absolute atomic E-state index is 13.8. The molecule has 1 heterocycles. The predicted molar refractivity (Wildman–Crippen MR) is 102 cm³/mol. The number of amides is 1. The summed E-state index contributed by atoms with van der Waals surface area (Å²) in [5.41, 5.74) is 1.94. The highest BCUT2D eigenvalue weighted by Gasteiger charge is 2.25. The van der Waals surface area contributed by atoms with Gasteiger partial charge in [0.15, 0.2) is 17.7 Å². The van der Waals surface area contributed by atoms with Gasteiger partial charge >= 0.3 is 0 Å². The Morgan fingerprint density at radius 3 is 2.75 bits per heavy atom. The Balaban J connectivity index is 1.67. The molecule has 0 bridgehead atoms. The Bertz CT molecular complexity index is 957. The van der Waals surface area contributed by atoms with Gasteiger partial charge in [-0.3, -0.25) is 4.79 Å². The lowest BCUT2D eigenvalue weighted by Gasteiger charge is -2.22. The highest BCUT2D eigenvalue weighted by Crippen LogP contribution is 2.20. The van der Waals surface area contributed by atoms with E-state index < -0.39 is 11.9 Å². The van der Waals surface area contributed by atoms with E-state index in [1.165, 1.54) is 17.0 Å². The first kappa shape index (κ1) is 19.5. The number of carbonyl (C=O) groups excluding carboxylic acids is 1. The summed E-state index contributed by atoms with van der Waals surface area (Å²) in [4.78, 5) is 18.5. The molecule has 1 atom stereocenters. The number of likely N-dealkylation sites (N-methyl/N-ethyl adjacent to an activating group) is 1. The highest BCUT2D eigenvalue weighted by molar-refractivity contribution is 5.81. The monoisotopic (exact) mass is 383 g/mol. The van der Waals surface area contributed by atoms with Crippen LogP contribution >= 0.6 is 0 Å². The summed E-state index contributed by atoms with van der Waals surface area (Å²) < 4.78 is 24.7. The molecule has 0 aliphatic rings. The van der Waals surface area contributed by atoms with Gasteiger partial charge in [0.25, 0.3) is 5.91 Å². The molecule has 0 unspecified atom stereocenters. The maximum Gasteiger partial charge on any atom is 0.263 e. The first-order valence-electron chi connectivity index (χ1n) is 9.03. The number of benzene rings is 2. The molecule has 0 N–H and O–H groups in total. The fourth-order valence-electron chi connectivity index (χ4n) is 2.75.